The zero-order chi connectivity index (χ0) is 28.2. The Morgan fingerprint density at radius 1 is 0.816 bits per heavy atom. The molecule has 204 valence electrons. The standard InChI is InChI=1S/C18H15S.C13H22F2O4/c1-4-10-16(11-5-1)19(17-12-6-2-7-13-17)18-14-8-3-9-15-18;1-5-8-12(4,7-3)11(18)19-9(6-2)13(14,15)10(16)17/h1-15H;9H,5-8H2,1-4H3,(H,16,17)/q+1;/p-1. The number of carbonyl (C=O) groups excluding carboxylic acids is 2. The summed E-state index contributed by atoms with van der Waals surface area (Å²) in [5, 5.41) is 10.4. The van der Waals surface area contributed by atoms with Gasteiger partial charge in [-0.1, -0.05) is 81.8 Å². The van der Waals surface area contributed by atoms with Gasteiger partial charge in [-0.2, -0.15) is 8.78 Å². The first-order valence-electron chi connectivity index (χ1n) is 12.8. The lowest BCUT2D eigenvalue weighted by Crippen LogP contribution is -2.52. The second-order valence-corrected chi connectivity index (χ2v) is 11.1. The summed E-state index contributed by atoms with van der Waals surface area (Å²) in [5.41, 5.74) is -0.871. The van der Waals surface area contributed by atoms with E-state index in [-0.39, 0.29) is 17.3 Å². The summed E-state index contributed by atoms with van der Waals surface area (Å²) in [7, 11) is -0.0146. The number of esters is 1. The topological polar surface area (TPSA) is 66.4 Å². The Hall–Kier alpha value is -3.19. The monoisotopic (exact) mass is 542 g/mol. The number of rotatable bonds is 11. The Balaban J connectivity index is 0.000000267. The first-order valence-corrected chi connectivity index (χ1v) is 14.0. The molecular weight excluding hydrogens is 506 g/mol. The fraction of sp³-hybridized carbons (Fsp3) is 0.355. The molecule has 0 radical (unpaired) electrons. The van der Waals surface area contributed by atoms with Crippen molar-refractivity contribution in [2.45, 2.75) is 80.1 Å². The summed E-state index contributed by atoms with van der Waals surface area (Å²) in [4.78, 5) is 26.4. The smallest absolute Gasteiger partial charge is 0.323 e. The summed E-state index contributed by atoms with van der Waals surface area (Å²) in [6.07, 6.45) is -0.651. The van der Waals surface area contributed by atoms with Gasteiger partial charge in [-0.25, -0.2) is 0 Å². The normalized spacial score (nSPS) is 13.6. The molecule has 0 aliphatic heterocycles. The lowest BCUT2D eigenvalue weighted by Gasteiger charge is -2.31. The van der Waals surface area contributed by atoms with Crippen LogP contribution in [0.1, 0.15) is 53.4 Å². The van der Waals surface area contributed by atoms with Crippen molar-refractivity contribution in [3.63, 3.8) is 0 Å². The third-order valence-electron chi connectivity index (χ3n) is 6.31. The number of aliphatic carboxylic acids is 1. The molecule has 0 bridgehead atoms. The Labute approximate surface area is 227 Å². The molecule has 2 unspecified atom stereocenters. The van der Waals surface area contributed by atoms with Crippen LogP contribution in [0.5, 0.6) is 0 Å². The molecule has 0 aromatic heterocycles. The largest absolute Gasteiger partial charge is 0.544 e. The highest BCUT2D eigenvalue weighted by atomic mass is 32.2. The number of carbonyl (C=O) groups is 2. The Kier molecular flexibility index (Phi) is 12.0. The third-order valence-corrected chi connectivity index (χ3v) is 8.54. The van der Waals surface area contributed by atoms with Crippen LogP contribution in [0.2, 0.25) is 0 Å². The van der Waals surface area contributed by atoms with Crippen LogP contribution >= 0.6 is 0 Å². The molecule has 7 heteroatoms. The van der Waals surface area contributed by atoms with Crippen LogP contribution in [0.3, 0.4) is 0 Å². The average molecular weight is 543 g/mol. The third kappa shape index (κ3) is 8.15. The van der Waals surface area contributed by atoms with E-state index >= 15 is 0 Å². The van der Waals surface area contributed by atoms with Crippen molar-refractivity contribution in [1.29, 1.82) is 0 Å². The van der Waals surface area contributed by atoms with E-state index < -0.39 is 29.4 Å². The minimum absolute atomic E-state index is 0.0146. The Bertz CT molecular complexity index is 1030. The molecule has 3 rings (SSSR count). The molecule has 4 nitrogen and oxygen atoms in total. The summed E-state index contributed by atoms with van der Waals surface area (Å²) in [5.74, 6) is -7.49. The molecule has 0 aliphatic carbocycles. The highest BCUT2D eigenvalue weighted by Crippen LogP contribution is 2.33. The molecule has 0 amide bonds. The fourth-order valence-corrected chi connectivity index (χ4v) is 5.97. The van der Waals surface area contributed by atoms with Crippen LogP contribution in [0.4, 0.5) is 8.78 Å². The quantitative estimate of drug-likeness (QED) is 0.200. The summed E-state index contributed by atoms with van der Waals surface area (Å²) < 4.78 is 31.3. The first kappa shape index (κ1) is 31.0. The molecule has 0 spiro atoms. The molecule has 0 aliphatic rings. The summed E-state index contributed by atoms with van der Waals surface area (Å²) in [6.45, 7) is 6.59. The first-order chi connectivity index (χ1) is 18.1. The van der Waals surface area contributed by atoms with E-state index in [0.29, 0.717) is 19.3 Å². The zero-order valence-corrected chi connectivity index (χ0v) is 23.2. The van der Waals surface area contributed by atoms with E-state index in [1.54, 1.807) is 13.8 Å². The Morgan fingerprint density at radius 2 is 1.21 bits per heavy atom. The van der Waals surface area contributed by atoms with E-state index in [1.165, 1.54) is 21.6 Å². The number of benzene rings is 3. The minimum Gasteiger partial charge on any atom is -0.544 e. The van der Waals surface area contributed by atoms with Gasteiger partial charge in [0.1, 0.15) is 5.97 Å². The lowest BCUT2D eigenvalue weighted by molar-refractivity contribution is -0.336. The SMILES string of the molecule is CCCC(C)(CC)C(=O)OC(CC)C(F)(F)C(=O)[O-].c1ccc([S+](c2ccccc2)c2ccccc2)cc1. The van der Waals surface area contributed by atoms with Crippen molar-refractivity contribution in [3.05, 3.63) is 91.0 Å². The molecule has 0 fully saturated rings. The predicted molar refractivity (Wildman–Crippen MR) is 145 cm³/mol. The molecule has 2 atom stereocenters. The van der Waals surface area contributed by atoms with Gasteiger partial charge in [-0.15, -0.1) is 0 Å². The predicted octanol–water partition coefficient (Wildman–Crippen LogP) is 6.69. The van der Waals surface area contributed by atoms with Crippen LogP contribution in [0, 0.1) is 5.41 Å². The van der Waals surface area contributed by atoms with Crippen LogP contribution in [-0.4, -0.2) is 24.0 Å². The van der Waals surface area contributed by atoms with Crippen molar-refractivity contribution in [2.75, 3.05) is 0 Å². The van der Waals surface area contributed by atoms with Gasteiger partial charge in [0.25, 0.3) is 0 Å². The molecule has 0 saturated carbocycles. The van der Waals surface area contributed by atoms with Crippen molar-refractivity contribution in [3.8, 4) is 0 Å². The Morgan fingerprint density at radius 3 is 1.50 bits per heavy atom. The van der Waals surface area contributed by atoms with E-state index in [0.717, 1.165) is 0 Å². The van der Waals surface area contributed by atoms with E-state index in [9.17, 15) is 23.5 Å². The molecule has 3 aromatic rings. The van der Waals surface area contributed by atoms with Crippen molar-refractivity contribution >= 4 is 22.8 Å². The molecule has 3 aromatic carbocycles. The van der Waals surface area contributed by atoms with Crippen molar-refractivity contribution in [2.24, 2.45) is 5.41 Å². The maximum absolute atomic E-state index is 13.3. The fourth-order valence-electron chi connectivity index (χ4n) is 3.87. The second-order valence-electron chi connectivity index (χ2n) is 9.12. The van der Waals surface area contributed by atoms with E-state index in [2.05, 4.69) is 91.0 Å². The maximum atomic E-state index is 13.3. The van der Waals surface area contributed by atoms with Crippen molar-refractivity contribution in [1.82, 2.24) is 0 Å². The van der Waals surface area contributed by atoms with Gasteiger partial charge in [0.15, 0.2) is 20.8 Å². The van der Waals surface area contributed by atoms with Gasteiger partial charge < -0.3 is 14.6 Å². The van der Waals surface area contributed by atoms with Gasteiger partial charge >= 0.3 is 11.9 Å². The number of carboxylic acids is 1. The molecule has 0 N–H and O–H groups in total. The number of alkyl halides is 2. The van der Waals surface area contributed by atoms with Crippen LogP contribution in [0.15, 0.2) is 106 Å². The number of hydrogen-bond donors (Lipinski definition) is 0. The minimum atomic E-state index is -4.18. The van der Waals surface area contributed by atoms with E-state index in [4.69, 9.17) is 4.74 Å². The lowest BCUT2D eigenvalue weighted by atomic mass is 9.83. The molecular formula is C31H36F2O4S. The summed E-state index contributed by atoms with van der Waals surface area (Å²) >= 11 is 0. The van der Waals surface area contributed by atoms with Crippen LogP contribution in [-0.2, 0) is 25.2 Å². The highest BCUT2D eigenvalue weighted by molar-refractivity contribution is 7.97. The number of carboxylic acid groups (broad SMARTS) is 1. The molecule has 38 heavy (non-hydrogen) atoms. The van der Waals surface area contributed by atoms with Gasteiger partial charge in [0.2, 0.25) is 0 Å². The van der Waals surface area contributed by atoms with Crippen LogP contribution in [0.25, 0.3) is 0 Å². The second kappa shape index (κ2) is 14.7. The van der Waals surface area contributed by atoms with Crippen LogP contribution < -0.4 is 5.11 Å². The highest BCUT2D eigenvalue weighted by Gasteiger charge is 2.45. The maximum Gasteiger partial charge on any atom is 0.323 e. The summed E-state index contributed by atoms with van der Waals surface area (Å²) in [6, 6.07) is 32.2. The van der Waals surface area contributed by atoms with Gasteiger partial charge in [-0.3, -0.25) is 4.79 Å². The van der Waals surface area contributed by atoms with Gasteiger partial charge in [0.05, 0.1) is 16.3 Å². The van der Waals surface area contributed by atoms with Gasteiger partial charge in [0, 0.05) is 0 Å². The zero-order valence-electron chi connectivity index (χ0n) is 22.4. The van der Waals surface area contributed by atoms with Crippen molar-refractivity contribution < 1.29 is 28.2 Å². The number of hydrogen-bond acceptors (Lipinski definition) is 4. The number of halogens is 2. The molecule has 0 heterocycles. The average Bonchev–Trinajstić information content (AvgIpc) is 2.93. The molecule has 0 saturated heterocycles. The number of ether oxygens (including phenoxy) is 1. The van der Waals surface area contributed by atoms with E-state index in [1.807, 2.05) is 6.92 Å². The van der Waals surface area contributed by atoms with Gasteiger partial charge in [-0.05, 0) is 62.6 Å².